The van der Waals surface area contributed by atoms with Crippen molar-refractivity contribution in [2.24, 2.45) is 0 Å². The standard InChI is InChI=1S/C14H7ClN2OS/c15-8-5-6-10-9(7-8)13(18)17-11-3-1-2-4-12(11)19-14(17)16-10/h1-7H. The van der Waals surface area contributed by atoms with Crippen LogP contribution in [-0.2, 0) is 0 Å². The molecule has 0 saturated carbocycles. The second-order valence-corrected chi connectivity index (χ2v) is 5.71. The predicted octanol–water partition coefficient (Wildman–Crippen LogP) is 3.72. The van der Waals surface area contributed by atoms with Gasteiger partial charge in [-0.2, -0.15) is 0 Å². The monoisotopic (exact) mass is 286 g/mol. The summed E-state index contributed by atoms with van der Waals surface area (Å²) in [5, 5.41) is 1.10. The summed E-state index contributed by atoms with van der Waals surface area (Å²) in [5.41, 5.74) is 1.50. The highest BCUT2D eigenvalue weighted by Gasteiger charge is 2.11. The zero-order valence-corrected chi connectivity index (χ0v) is 11.2. The third kappa shape index (κ3) is 1.50. The average Bonchev–Trinajstić information content (AvgIpc) is 2.78. The van der Waals surface area contributed by atoms with Crippen LogP contribution in [0.25, 0.3) is 26.1 Å². The first-order valence-corrected chi connectivity index (χ1v) is 6.93. The molecule has 92 valence electrons. The third-order valence-electron chi connectivity index (χ3n) is 3.11. The third-order valence-corrected chi connectivity index (χ3v) is 4.36. The first kappa shape index (κ1) is 11.0. The van der Waals surface area contributed by atoms with E-state index in [2.05, 4.69) is 4.98 Å². The van der Waals surface area contributed by atoms with E-state index in [1.807, 2.05) is 24.3 Å². The quantitative estimate of drug-likeness (QED) is 0.494. The fraction of sp³-hybridized carbons (Fsp3) is 0. The Balaban J connectivity index is 2.34. The van der Waals surface area contributed by atoms with Gasteiger partial charge in [0.2, 0.25) is 0 Å². The van der Waals surface area contributed by atoms with Gasteiger partial charge in [-0.3, -0.25) is 9.20 Å². The van der Waals surface area contributed by atoms with E-state index in [-0.39, 0.29) is 5.56 Å². The van der Waals surface area contributed by atoms with Gasteiger partial charge in [0.1, 0.15) is 0 Å². The Bertz CT molecular complexity index is 1000. The van der Waals surface area contributed by atoms with Crippen molar-refractivity contribution >= 4 is 49.0 Å². The van der Waals surface area contributed by atoms with Crippen LogP contribution in [0.5, 0.6) is 0 Å². The van der Waals surface area contributed by atoms with Crippen LogP contribution in [0.3, 0.4) is 0 Å². The molecule has 3 nitrogen and oxygen atoms in total. The number of rotatable bonds is 0. The molecule has 0 radical (unpaired) electrons. The first-order valence-electron chi connectivity index (χ1n) is 5.73. The van der Waals surface area contributed by atoms with Gasteiger partial charge in [-0.1, -0.05) is 35.1 Å². The topological polar surface area (TPSA) is 34.4 Å². The summed E-state index contributed by atoms with van der Waals surface area (Å²) in [6.07, 6.45) is 0. The van der Waals surface area contributed by atoms with E-state index in [1.165, 1.54) is 11.3 Å². The average molecular weight is 287 g/mol. The van der Waals surface area contributed by atoms with E-state index in [1.54, 1.807) is 22.6 Å². The number of fused-ring (bicyclic) bond motifs is 4. The lowest BCUT2D eigenvalue weighted by molar-refractivity contribution is 1.16. The lowest BCUT2D eigenvalue weighted by Gasteiger charge is -1.99. The summed E-state index contributed by atoms with van der Waals surface area (Å²) in [6.45, 7) is 0. The summed E-state index contributed by atoms with van der Waals surface area (Å²) >= 11 is 7.47. The van der Waals surface area contributed by atoms with E-state index in [0.717, 1.165) is 10.2 Å². The van der Waals surface area contributed by atoms with Gasteiger partial charge in [-0.25, -0.2) is 4.98 Å². The van der Waals surface area contributed by atoms with E-state index in [4.69, 9.17) is 11.6 Å². The molecule has 2 heterocycles. The highest BCUT2D eigenvalue weighted by molar-refractivity contribution is 7.23. The normalized spacial score (nSPS) is 11.6. The Morgan fingerprint density at radius 2 is 2.00 bits per heavy atom. The number of halogens is 1. The smallest absolute Gasteiger partial charge is 0.266 e. The molecule has 0 aliphatic rings. The van der Waals surface area contributed by atoms with Crippen LogP contribution in [0.4, 0.5) is 0 Å². The van der Waals surface area contributed by atoms with Crippen molar-refractivity contribution in [3.05, 3.63) is 57.8 Å². The predicted molar refractivity (Wildman–Crippen MR) is 79.4 cm³/mol. The van der Waals surface area contributed by atoms with E-state index < -0.39 is 0 Å². The second kappa shape index (κ2) is 3.79. The molecular formula is C14H7ClN2OS. The van der Waals surface area contributed by atoms with Crippen molar-refractivity contribution in [1.82, 2.24) is 9.38 Å². The fourth-order valence-electron chi connectivity index (χ4n) is 2.24. The van der Waals surface area contributed by atoms with Crippen LogP contribution in [0.15, 0.2) is 47.3 Å². The second-order valence-electron chi connectivity index (χ2n) is 4.27. The maximum absolute atomic E-state index is 12.6. The lowest BCUT2D eigenvalue weighted by Crippen LogP contribution is -2.13. The number of hydrogen-bond acceptors (Lipinski definition) is 3. The Kier molecular flexibility index (Phi) is 2.19. The number of para-hydroxylation sites is 1. The van der Waals surface area contributed by atoms with Crippen molar-refractivity contribution in [2.45, 2.75) is 0 Å². The van der Waals surface area contributed by atoms with Crippen LogP contribution >= 0.6 is 22.9 Å². The number of benzene rings is 2. The number of thiazole rings is 1. The molecule has 0 spiro atoms. The van der Waals surface area contributed by atoms with Crippen molar-refractivity contribution in [3.63, 3.8) is 0 Å². The Labute approximate surface area is 116 Å². The highest BCUT2D eigenvalue weighted by atomic mass is 35.5. The molecule has 0 aliphatic carbocycles. The van der Waals surface area contributed by atoms with Crippen molar-refractivity contribution in [2.75, 3.05) is 0 Å². The molecular weight excluding hydrogens is 280 g/mol. The van der Waals surface area contributed by atoms with Gasteiger partial charge < -0.3 is 0 Å². The van der Waals surface area contributed by atoms with Gasteiger partial charge in [-0.05, 0) is 30.3 Å². The number of hydrogen-bond donors (Lipinski definition) is 0. The molecule has 4 aromatic rings. The van der Waals surface area contributed by atoms with Gasteiger partial charge in [0.15, 0.2) is 4.96 Å². The van der Waals surface area contributed by atoms with Crippen LogP contribution in [0, 0.1) is 0 Å². The minimum absolute atomic E-state index is 0.0695. The summed E-state index contributed by atoms with van der Waals surface area (Å²) in [7, 11) is 0. The molecule has 0 unspecified atom stereocenters. The van der Waals surface area contributed by atoms with Crippen LogP contribution in [0.2, 0.25) is 5.02 Å². The van der Waals surface area contributed by atoms with Gasteiger partial charge in [-0.15, -0.1) is 0 Å². The molecule has 0 fully saturated rings. The van der Waals surface area contributed by atoms with E-state index >= 15 is 0 Å². The Hall–Kier alpha value is -1.91. The molecule has 2 aromatic carbocycles. The Morgan fingerprint density at radius 1 is 1.16 bits per heavy atom. The maximum Gasteiger partial charge on any atom is 0.266 e. The SMILES string of the molecule is O=c1c2cc(Cl)ccc2nc2sc3ccccc3n12. The van der Waals surface area contributed by atoms with E-state index in [9.17, 15) is 4.79 Å². The molecule has 0 bridgehead atoms. The highest BCUT2D eigenvalue weighted by Crippen LogP contribution is 2.25. The van der Waals surface area contributed by atoms with Gasteiger partial charge >= 0.3 is 0 Å². The summed E-state index contributed by atoms with van der Waals surface area (Å²) in [5.74, 6) is 0. The van der Waals surface area contributed by atoms with Gasteiger partial charge in [0.25, 0.3) is 5.56 Å². The molecule has 0 amide bonds. The molecule has 0 atom stereocenters. The van der Waals surface area contributed by atoms with Crippen molar-refractivity contribution in [1.29, 1.82) is 0 Å². The number of nitrogens with zero attached hydrogens (tertiary/aromatic N) is 2. The van der Waals surface area contributed by atoms with E-state index in [0.29, 0.717) is 20.9 Å². The van der Waals surface area contributed by atoms with Crippen LogP contribution in [-0.4, -0.2) is 9.38 Å². The zero-order chi connectivity index (χ0) is 13.0. The fourth-order valence-corrected chi connectivity index (χ4v) is 3.44. The van der Waals surface area contributed by atoms with Gasteiger partial charge in [0, 0.05) is 5.02 Å². The molecule has 4 rings (SSSR count). The summed E-state index contributed by atoms with van der Waals surface area (Å²) in [6, 6.07) is 13.0. The maximum atomic E-state index is 12.6. The molecule has 0 saturated heterocycles. The molecule has 0 N–H and O–H groups in total. The number of aromatic nitrogens is 2. The first-order chi connectivity index (χ1) is 9.24. The minimum atomic E-state index is -0.0695. The molecule has 0 aliphatic heterocycles. The molecule has 19 heavy (non-hydrogen) atoms. The van der Waals surface area contributed by atoms with Crippen LogP contribution < -0.4 is 5.56 Å². The molecule has 5 heteroatoms. The minimum Gasteiger partial charge on any atom is -0.268 e. The Morgan fingerprint density at radius 3 is 2.89 bits per heavy atom. The van der Waals surface area contributed by atoms with Crippen molar-refractivity contribution < 1.29 is 0 Å². The largest absolute Gasteiger partial charge is 0.268 e. The molecule has 2 aromatic heterocycles. The van der Waals surface area contributed by atoms with Crippen LogP contribution in [0.1, 0.15) is 0 Å². The summed E-state index contributed by atoms with van der Waals surface area (Å²) in [4.78, 5) is 17.8. The van der Waals surface area contributed by atoms with Gasteiger partial charge in [0.05, 0.1) is 21.1 Å². The summed E-state index contributed by atoms with van der Waals surface area (Å²) < 4.78 is 2.70. The zero-order valence-electron chi connectivity index (χ0n) is 9.63. The van der Waals surface area contributed by atoms with Crippen molar-refractivity contribution in [3.8, 4) is 0 Å². The lowest BCUT2D eigenvalue weighted by atomic mass is 10.2.